The maximum absolute atomic E-state index is 13.4. The van der Waals surface area contributed by atoms with Crippen molar-refractivity contribution in [3.05, 3.63) is 76.4 Å². The highest BCUT2D eigenvalue weighted by Gasteiger charge is 2.20. The lowest BCUT2D eigenvalue weighted by atomic mass is 10.0. The lowest BCUT2D eigenvalue weighted by Crippen LogP contribution is -2.30. The van der Waals surface area contributed by atoms with Crippen LogP contribution in [-0.4, -0.2) is 27.9 Å². The van der Waals surface area contributed by atoms with E-state index >= 15 is 0 Å². The van der Waals surface area contributed by atoms with Gasteiger partial charge in [-0.1, -0.05) is 17.7 Å². The van der Waals surface area contributed by atoms with Gasteiger partial charge in [0.25, 0.3) is 11.8 Å². The molecule has 0 bridgehead atoms. The standard InChI is InChI=1S/C23H21ClF2N4O3/c1-11(2)29-22(32)18-7-13(10-28-21(18)27)17-4-3-16(9-19(17)24)30-23(33)20(31)12-5-14(25)8-15(26)6-12/h3-11,20,31H,1-2H3,(H2,27,28)(H,29,32)(H,30,33)/t20-/m0/s1. The molecule has 1 heterocycles. The van der Waals surface area contributed by atoms with E-state index in [9.17, 15) is 23.5 Å². The van der Waals surface area contributed by atoms with Crippen LogP contribution in [0.5, 0.6) is 0 Å². The van der Waals surface area contributed by atoms with Crippen LogP contribution in [0.2, 0.25) is 5.02 Å². The zero-order valence-electron chi connectivity index (χ0n) is 17.7. The molecule has 0 saturated heterocycles. The van der Waals surface area contributed by atoms with Crippen molar-refractivity contribution in [3.63, 3.8) is 0 Å². The fourth-order valence-electron chi connectivity index (χ4n) is 3.07. The number of nitrogen functional groups attached to an aromatic ring is 1. The van der Waals surface area contributed by atoms with E-state index in [0.717, 1.165) is 12.1 Å². The second-order valence-corrected chi connectivity index (χ2v) is 7.98. The fraction of sp³-hybridized carbons (Fsp3) is 0.174. The summed E-state index contributed by atoms with van der Waals surface area (Å²) in [5.74, 6) is -3.03. The van der Waals surface area contributed by atoms with E-state index < -0.39 is 23.6 Å². The molecule has 0 aliphatic heterocycles. The van der Waals surface area contributed by atoms with Crippen molar-refractivity contribution in [3.8, 4) is 11.1 Å². The number of pyridine rings is 1. The van der Waals surface area contributed by atoms with Crippen molar-refractivity contribution in [1.82, 2.24) is 10.3 Å². The molecule has 1 atom stereocenters. The third-order valence-corrected chi connectivity index (χ3v) is 4.89. The molecular weight excluding hydrogens is 454 g/mol. The average molecular weight is 475 g/mol. The van der Waals surface area contributed by atoms with Crippen molar-refractivity contribution < 1.29 is 23.5 Å². The molecule has 0 spiro atoms. The van der Waals surface area contributed by atoms with Gasteiger partial charge in [-0.25, -0.2) is 13.8 Å². The van der Waals surface area contributed by atoms with Crippen molar-refractivity contribution >= 4 is 34.9 Å². The number of hydrogen-bond acceptors (Lipinski definition) is 5. The van der Waals surface area contributed by atoms with Crippen molar-refractivity contribution in [2.45, 2.75) is 26.0 Å². The highest BCUT2D eigenvalue weighted by atomic mass is 35.5. The average Bonchev–Trinajstić information content (AvgIpc) is 2.72. The van der Waals surface area contributed by atoms with Gasteiger partial charge in [0.05, 0.1) is 10.6 Å². The van der Waals surface area contributed by atoms with E-state index in [2.05, 4.69) is 15.6 Å². The lowest BCUT2D eigenvalue weighted by Gasteiger charge is -2.14. The van der Waals surface area contributed by atoms with Gasteiger partial charge in [0, 0.05) is 35.1 Å². The number of nitrogens with two attached hydrogens (primary N) is 1. The van der Waals surface area contributed by atoms with Gasteiger partial charge in [0.2, 0.25) is 0 Å². The van der Waals surface area contributed by atoms with E-state index in [-0.39, 0.29) is 39.6 Å². The van der Waals surface area contributed by atoms with Crippen molar-refractivity contribution in [2.24, 2.45) is 0 Å². The van der Waals surface area contributed by atoms with Gasteiger partial charge in [-0.3, -0.25) is 9.59 Å². The Morgan fingerprint density at radius 3 is 2.36 bits per heavy atom. The second kappa shape index (κ2) is 9.93. The van der Waals surface area contributed by atoms with Gasteiger partial charge in [-0.15, -0.1) is 0 Å². The number of benzene rings is 2. The topological polar surface area (TPSA) is 117 Å². The van der Waals surface area contributed by atoms with Crippen molar-refractivity contribution in [2.75, 3.05) is 11.1 Å². The summed E-state index contributed by atoms with van der Waals surface area (Å²) in [5.41, 5.74) is 7.09. The Kier molecular flexibility index (Phi) is 7.25. The molecule has 0 aliphatic carbocycles. The number of aliphatic hydroxyl groups excluding tert-OH is 1. The van der Waals surface area contributed by atoms with E-state index in [1.807, 2.05) is 13.8 Å². The smallest absolute Gasteiger partial charge is 0.257 e. The number of halogens is 3. The maximum Gasteiger partial charge on any atom is 0.257 e. The molecule has 7 nitrogen and oxygen atoms in total. The Bertz CT molecular complexity index is 1200. The highest BCUT2D eigenvalue weighted by Crippen LogP contribution is 2.32. The van der Waals surface area contributed by atoms with Crippen LogP contribution in [-0.2, 0) is 4.79 Å². The monoisotopic (exact) mass is 474 g/mol. The molecule has 10 heteroatoms. The summed E-state index contributed by atoms with van der Waals surface area (Å²) < 4.78 is 26.7. The Hall–Kier alpha value is -3.56. The van der Waals surface area contributed by atoms with Gasteiger partial charge >= 0.3 is 0 Å². The molecule has 33 heavy (non-hydrogen) atoms. The molecule has 172 valence electrons. The summed E-state index contributed by atoms with van der Waals surface area (Å²) >= 11 is 6.37. The largest absolute Gasteiger partial charge is 0.383 e. The molecule has 2 aromatic carbocycles. The lowest BCUT2D eigenvalue weighted by molar-refractivity contribution is -0.124. The molecule has 3 rings (SSSR count). The molecule has 0 fully saturated rings. The molecule has 3 aromatic rings. The molecule has 5 N–H and O–H groups in total. The molecular formula is C23H21ClF2N4O3. The van der Waals surface area contributed by atoms with Crippen LogP contribution in [0, 0.1) is 11.6 Å². The van der Waals surface area contributed by atoms with Crippen LogP contribution in [0.1, 0.15) is 35.9 Å². The Labute approximate surface area is 193 Å². The van der Waals surface area contributed by atoms with Gasteiger partial charge in [-0.05, 0) is 49.7 Å². The summed E-state index contributed by atoms with van der Waals surface area (Å²) in [6.07, 6.45) is -0.333. The summed E-state index contributed by atoms with van der Waals surface area (Å²) in [6.45, 7) is 3.63. The first kappa shape index (κ1) is 24.1. The maximum atomic E-state index is 13.4. The number of nitrogens with zero attached hydrogens (tertiary/aromatic N) is 1. The van der Waals surface area contributed by atoms with Crippen LogP contribution in [0.4, 0.5) is 20.3 Å². The van der Waals surface area contributed by atoms with Gasteiger partial charge in [0.15, 0.2) is 6.10 Å². The number of rotatable bonds is 6. The third-order valence-electron chi connectivity index (χ3n) is 4.58. The van der Waals surface area contributed by atoms with Gasteiger partial charge < -0.3 is 21.5 Å². The Morgan fingerprint density at radius 2 is 1.76 bits per heavy atom. The number of aromatic nitrogens is 1. The van der Waals surface area contributed by atoms with Crippen molar-refractivity contribution in [1.29, 1.82) is 0 Å². The summed E-state index contributed by atoms with van der Waals surface area (Å²) in [7, 11) is 0. The minimum atomic E-state index is -1.79. The first-order valence-corrected chi connectivity index (χ1v) is 10.2. The number of anilines is 2. The molecule has 0 saturated carbocycles. The highest BCUT2D eigenvalue weighted by molar-refractivity contribution is 6.33. The van der Waals surface area contributed by atoms with Crippen LogP contribution in [0.15, 0.2) is 48.7 Å². The van der Waals surface area contributed by atoms with Gasteiger partial charge in [-0.2, -0.15) is 0 Å². The summed E-state index contributed by atoms with van der Waals surface area (Å²) in [6, 6.07) is 8.36. The number of aliphatic hydroxyl groups is 1. The van der Waals surface area contributed by atoms with Crippen LogP contribution >= 0.6 is 11.6 Å². The normalized spacial score (nSPS) is 11.8. The van der Waals surface area contributed by atoms with Crippen LogP contribution < -0.4 is 16.4 Å². The van der Waals surface area contributed by atoms with E-state index in [1.54, 1.807) is 12.1 Å². The van der Waals surface area contributed by atoms with Crippen LogP contribution in [0.25, 0.3) is 11.1 Å². The molecule has 0 unspecified atom stereocenters. The minimum absolute atomic E-state index is 0.0691. The zero-order chi connectivity index (χ0) is 24.3. The predicted octanol–water partition coefficient (Wildman–Crippen LogP) is 4.07. The van der Waals surface area contributed by atoms with E-state index in [0.29, 0.717) is 17.2 Å². The van der Waals surface area contributed by atoms with Crippen LogP contribution in [0.3, 0.4) is 0 Å². The fourth-order valence-corrected chi connectivity index (χ4v) is 3.36. The first-order valence-electron chi connectivity index (χ1n) is 9.86. The number of carbonyl (C=O) groups excluding carboxylic acids is 2. The second-order valence-electron chi connectivity index (χ2n) is 7.57. The molecule has 2 amide bonds. The summed E-state index contributed by atoms with van der Waals surface area (Å²) in [4.78, 5) is 28.8. The van der Waals surface area contributed by atoms with E-state index in [4.69, 9.17) is 17.3 Å². The predicted molar refractivity (Wildman–Crippen MR) is 122 cm³/mol. The zero-order valence-corrected chi connectivity index (χ0v) is 18.5. The molecule has 0 radical (unpaired) electrons. The minimum Gasteiger partial charge on any atom is -0.383 e. The number of nitrogens with one attached hydrogen (secondary N) is 2. The third kappa shape index (κ3) is 5.82. The Morgan fingerprint density at radius 1 is 1.09 bits per heavy atom. The number of carbonyl (C=O) groups is 2. The van der Waals surface area contributed by atoms with Gasteiger partial charge in [0.1, 0.15) is 17.5 Å². The molecule has 0 aliphatic rings. The Balaban J connectivity index is 1.81. The SMILES string of the molecule is CC(C)NC(=O)c1cc(-c2ccc(NC(=O)[C@@H](O)c3cc(F)cc(F)c3)cc2Cl)cnc1N. The number of hydrogen-bond donors (Lipinski definition) is 4. The number of amides is 2. The summed E-state index contributed by atoms with van der Waals surface area (Å²) in [5, 5.41) is 15.5. The van der Waals surface area contributed by atoms with E-state index in [1.165, 1.54) is 18.3 Å². The first-order chi connectivity index (χ1) is 15.5. The molecule has 1 aromatic heterocycles. The quantitative estimate of drug-likeness (QED) is 0.429.